The van der Waals surface area contributed by atoms with Crippen LogP contribution in [0.3, 0.4) is 0 Å². The topological polar surface area (TPSA) is 52.6 Å². The van der Waals surface area contributed by atoms with Crippen molar-refractivity contribution in [1.82, 2.24) is 0 Å². The largest absolute Gasteiger partial charge is 0.466 e. The highest BCUT2D eigenvalue weighted by Gasteiger charge is 2.36. The molecule has 1 rings (SSSR count). The van der Waals surface area contributed by atoms with E-state index in [2.05, 4.69) is 0 Å². The van der Waals surface area contributed by atoms with E-state index in [1.165, 1.54) is 0 Å². The van der Waals surface area contributed by atoms with Gasteiger partial charge < -0.3 is 9.47 Å². The van der Waals surface area contributed by atoms with Crippen LogP contribution in [0.1, 0.15) is 39.7 Å². The molecule has 0 bridgehead atoms. The average Bonchev–Trinajstić information content (AvgIpc) is 2.52. The predicted molar refractivity (Wildman–Crippen MR) is 89.8 cm³/mol. The Balaban J connectivity index is 3.05. The summed E-state index contributed by atoms with van der Waals surface area (Å²) in [5.41, 5.74) is 1.02. The molecule has 0 aliphatic carbocycles. The molecule has 0 radical (unpaired) electrons. The van der Waals surface area contributed by atoms with Crippen LogP contribution >= 0.6 is 0 Å². The maximum atomic E-state index is 12.4. The van der Waals surface area contributed by atoms with Gasteiger partial charge >= 0.3 is 11.9 Å². The summed E-state index contributed by atoms with van der Waals surface area (Å²) >= 11 is 0. The molecule has 1 aromatic rings. The van der Waals surface area contributed by atoms with E-state index < -0.39 is 11.8 Å². The molecule has 0 aliphatic rings. The van der Waals surface area contributed by atoms with Gasteiger partial charge in [0.15, 0.2) is 0 Å². The Morgan fingerprint density at radius 2 is 1.43 bits per heavy atom. The number of carbonyl (C=O) groups is 2. The SMILES string of the molecule is CCOC(=O)C(Cc1ccccc1)C(CC(C)C)C(=O)OCC. The van der Waals surface area contributed by atoms with E-state index in [0.717, 1.165) is 5.56 Å². The normalized spacial score (nSPS) is 13.4. The molecule has 0 saturated carbocycles. The Bertz CT molecular complexity index is 481. The zero-order chi connectivity index (χ0) is 17.2. The van der Waals surface area contributed by atoms with Gasteiger partial charge in [-0.05, 0) is 38.2 Å². The van der Waals surface area contributed by atoms with Crippen molar-refractivity contribution in [2.45, 2.75) is 40.5 Å². The van der Waals surface area contributed by atoms with Crippen LogP contribution in [0.25, 0.3) is 0 Å². The van der Waals surface area contributed by atoms with Crippen LogP contribution in [-0.4, -0.2) is 25.2 Å². The van der Waals surface area contributed by atoms with Crippen molar-refractivity contribution < 1.29 is 19.1 Å². The summed E-state index contributed by atoms with van der Waals surface area (Å²) in [6, 6.07) is 9.71. The van der Waals surface area contributed by atoms with Crippen LogP contribution in [0.5, 0.6) is 0 Å². The van der Waals surface area contributed by atoms with Gasteiger partial charge in [0, 0.05) is 0 Å². The fourth-order valence-electron chi connectivity index (χ4n) is 2.69. The molecule has 0 fully saturated rings. The second kappa shape index (κ2) is 10.0. The maximum Gasteiger partial charge on any atom is 0.310 e. The van der Waals surface area contributed by atoms with Gasteiger partial charge in [-0.2, -0.15) is 0 Å². The highest BCUT2D eigenvalue weighted by atomic mass is 16.5. The molecule has 0 aliphatic heterocycles. The van der Waals surface area contributed by atoms with E-state index in [-0.39, 0.29) is 17.9 Å². The number of rotatable bonds is 9. The molecule has 0 amide bonds. The van der Waals surface area contributed by atoms with E-state index in [0.29, 0.717) is 26.1 Å². The molecule has 2 unspecified atom stereocenters. The zero-order valence-corrected chi connectivity index (χ0v) is 14.6. The number of hydrogen-bond donors (Lipinski definition) is 0. The zero-order valence-electron chi connectivity index (χ0n) is 14.6. The highest BCUT2D eigenvalue weighted by Crippen LogP contribution is 2.27. The van der Waals surface area contributed by atoms with Gasteiger partial charge in [-0.1, -0.05) is 44.2 Å². The highest BCUT2D eigenvalue weighted by molar-refractivity contribution is 5.82. The van der Waals surface area contributed by atoms with E-state index >= 15 is 0 Å². The first-order chi connectivity index (χ1) is 11.0. The Kier molecular flexibility index (Phi) is 8.38. The van der Waals surface area contributed by atoms with Crippen molar-refractivity contribution in [3.8, 4) is 0 Å². The average molecular weight is 320 g/mol. The molecule has 0 heterocycles. The van der Waals surface area contributed by atoms with Crippen molar-refractivity contribution in [3.63, 3.8) is 0 Å². The Hall–Kier alpha value is -1.84. The molecule has 4 nitrogen and oxygen atoms in total. The van der Waals surface area contributed by atoms with Crippen molar-refractivity contribution >= 4 is 11.9 Å². The van der Waals surface area contributed by atoms with Crippen LogP contribution in [0.15, 0.2) is 30.3 Å². The third-order valence-electron chi connectivity index (χ3n) is 3.69. The van der Waals surface area contributed by atoms with Crippen molar-refractivity contribution in [2.75, 3.05) is 13.2 Å². The summed E-state index contributed by atoms with van der Waals surface area (Å²) in [5.74, 6) is -1.34. The first-order valence-electron chi connectivity index (χ1n) is 8.36. The quantitative estimate of drug-likeness (QED) is 0.652. The van der Waals surface area contributed by atoms with Crippen LogP contribution in [-0.2, 0) is 25.5 Å². The van der Waals surface area contributed by atoms with Gasteiger partial charge in [0.05, 0.1) is 25.0 Å². The van der Waals surface area contributed by atoms with Crippen LogP contribution in [0.2, 0.25) is 0 Å². The van der Waals surface area contributed by atoms with E-state index in [9.17, 15) is 9.59 Å². The molecular weight excluding hydrogens is 292 g/mol. The van der Waals surface area contributed by atoms with Crippen LogP contribution in [0, 0.1) is 17.8 Å². The van der Waals surface area contributed by atoms with Crippen LogP contribution in [0.4, 0.5) is 0 Å². The first-order valence-corrected chi connectivity index (χ1v) is 8.36. The second-order valence-electron chi connectivity index (χ2n) is 6.04. The number of hydrogen-bond acceptors (Lipinski definition) is 4. The number of esters is 2. The lowest BCUT2D eigenvalue weighted by Crippen LogP contribution is -2.35. The van der Waals surface area contributed by atoms with Gasteiger partial charge in [0.25, 0.3) is 0 Å². The smallest absolute Gasteiger partial charge is 0.310 e. The lowest BCUT2D eigenvalue weighted by Gasteiger charge is -2.25. The minimum atomic E-state index is -0.515. The Labute approximate surface area is 139 Å². The van der Waals surface area contributed by atoms with Crippen molar-refractivity contribution in [1.29, 1.82) is 0 Å². The molecule has 0 aromatic heterocycles. The second-order valence-corrected chi connectivity index (χ2v) is 6.04. The van der Waals surface area contributed by atoms with Gasteiger partial charge in [-0.3, -0.25) is 9.59 Å². The lowest BCUT2D eigenvalue weighted by molar-refractivity contribution is -0.161. The molecular formula is C19H28O4. The molecule has 0 saturated heterocycles. The summed E-state index contributed by atoms with van der Waals surface area (Å²) in [5, 5.41) is 0. The fourth-order valence-corrected chi connectivity index (χ4v) is 2.69. The molecule has 2 atom stereocenters. The summed E-state index contributed by atoms with van der Waals surface area (Å²) < 4.78 is 10.4. The minimum absolute atomic E-state index is 0.289. The Morgan fingerprint density at radius 1 is 0.913 bits per heavy atom. The standard InChI is InChI=1S/C19H28O4/c1-5-22-18(20)16(12-14(3)4)17(19(21)23-6-2)13-15-10-8-7-9-11-15/h7-11,14,16-17H,5-6,12-13H2,1-4H3. The number of carbonyl (C=O) groups excluding carboxylic acids is 2. The van der Waals surface area contributed by atoms with Gasteiger partial charge in [-0.25, -0.2) is 0 Å². The molecule has 4 heteroatoms. The fraction of sp³-hybridized carbons (Fsp3) is 0.579. The van der Waals surface area contributed by atoms with Crippen molar-refractivity contribution in [3.05, 3.63) is 35.9 Å². The molecule has 1 aromatic carbocycles. The van der Waals surface area contributed by atoms with E-state index in [4.69, 9.17) is 9.47 Å². The lowest BCUT2D eigenvalue weighted by atomic mass is 9.81. The third kappa shape index (κ3) is 6.43. The molecule has 0 spiro atoms. The summed E-state index contributed by atoms with van der Waals surface area (Å²) in [6.45, 7) is 8.25. The van der Waals surface area contributed by atoms with Gasteiger partial charge in [0.1, 0.15) is 0 Å². The molecule has 128 valence electrons. The maximum absolute atomic E-state index is 12.4. The van der Waals surface area contributed by atoms with Crippen molar-refractivity contribution in [2.24, 2.45) is 17.8 Å². The van der Waals surface area contributed by atoms with E-state index in [1.807, 2.05) is 44.2 Å². The van der Waals surface area contributed by atoms with Gasteiger partial charge in [0.2, 0.25) is 0 Å². The summed E-state index contributed by atoms with van der Waals surface area (Å²) in [6.07, 6.45) is 1.09. The van der Waals surface area contributed by atoms with Crippen LogP contribution < -0.4 is 0 Å². The summed E-state index contributed by atoms with van der Waals surface area (Å²) in [4.78, 5) is 24.8. The monoisotopic (exact) mass is 320 g/mol. The molecule has 0 N–H and O–H groups in total. The number of ether oxygens (including phenoxy) is 2. The van der Waals surface area contributed by atoms with E-state index in [1.54, 1.807) is 13.8 Å². The minimum Gasteiger partial charge on any atom is -0.466 e. The van der Waals surface area contributed by atoms with Gasteiger partial charge in [-0.15, -0.1) is 0 Å². The Morgan fingerprint density at radius 3 is 1.91 bits per heavy atom. The number of benzene rings is 1. The molecule has 23 heavy (non-hydrogen) atoms. The first kappa shape index (κ1) is 19.2. The predicted octanol–water partition coefficient (Wildman–Crippen LogP) is 3.63. The third-order valence-corrected chi connectivity index (χ3v) is 3.69. The summed E-state index contributed by atoms with van der Waals surface area (Å²) in [7, 11) is 0.